The first-order chi connectivity index (χ1) is 20.3. The summed E-state index contributed by atoms with van der Waals surface area (Å²) >= 11 is 6.32. The summed E-state index contributed by atoms with van der Waals surface area (Å²) in [5, 5.41) is 14.3. The number of ether oxygens (including phenoxy) is 3. The molecule has 2 amide bonds. The van der Waals surface area contributed by atoms with Gasteiger partial charge >= 0.3 is 12.2 Å². The van der Waals surface area contributed by atoms with Crippen LogP contribution in [0.5, 0.6) is 11.5 Å². The number of alkyl carbamates (subject to hydrolysis) is 1. The maximum absolute atomic E-state index is 13.5. The Morgan fingerprint density at radius 3 is 2.57 bits per heavy atom. The van der Waals surface area contributed by atoms with Crippen LogP contribution in [0.3, 0.4) is 0 Å². The molecule has 3 N–H and O–H groups in total. The van der Waals surface area contributed by atoms with Crippen molar-refractivity contribution >= 4 is 34.7 Å². The van der Waals surface area contributed by atoms with Gasteiger partial charge < -0.3 is 29.6 Å². The number of aryl methyl sites for hydroxylation is 1. The van der Waals surface area contributed by atoms with Crippen LogP contribution in [0.25, 0.3) is 10.9 Å². The van der Waals surface area contributed by atoms with Crippen LogP contribution in [-0.2, 0) is 11.2 Å². The monoisotopic (exact) mass is 591 g/mol. The van der Waals surface area contributed by atoms with Gasteiger partial charge in [0, 0.05) is 41.1 Å². The van der Waals surface area contributed by atoms with Crippen LogP contribution in [0.15, 0.2) is 66.7 Å². The third-order valence-electron chi connectivity index (χ3n) is 7.22. The van der Waals surface area contributed by atoms with E-state index in [0.29, 0.717) is 35.9 Å². The molecule has 2 atom stereocenters. The molecule has 10 heteroatoms. The minimum atomic E-state index is -0.766. The lowest BCUT2D eigenvalue weighted by Crippen LogP contribution is -2.42. The van der Waals surface area contributed by atoms with E-state index in [1.807, 2.05) is 61.5 Å². The van der Waals surface area contributed by atoms with Gasteiger partial charge in [0.2, 0.25) is 0 Å². The highest BCUT2D eigenvalue weighted by Crippen LogP contribution is 2.40. The number of aliphatic hydroxyl groups excluding tert-OH is 1. The lowest BCUT2D eigenvalue weighted by Gasteiger charge is -2.35. The van der Waals surface area contributed by atoms with E-state index in [2.05, 4.69) is 10.3 Å². The third kappa shape index (κ3) is 6.80. The van der Waals surface area contributed by atoms with Crippen LogP contribution < -0.4 is 14.8 Å². The number of rotatable bonds is 9. The van der Waals surface area contributed by atoms with Gasteiger partial charge in [-0.2, -0.15) is 0 Å². The molecule has 0 saturated heterocycles. The molecule has 3 aromatic carbocycles. The topological polar surface area (TPSA) is 113 Å². The van der Waals surface area contributed by atoms with Crippen molar-refractivity contribution in [1.82, 2.24) is 15.2 Å². The Balaban J connectivity index is 1.33. The molecule has 0 bridgehead atoms. The second-order valence-electron chi connectivity index (χ2n) is 10.2. The lowest BCUT2D eigenvalue weighted by molar-refractivity contribution is 0.120. The maximum Gasteiger partial charge on any atom is 0.416 e. The van der Waals surface area contributed by atoms with Gasteiger partial charge in [-0.1, -0.05) is 41.4 Å². The zero-order valence-electron chi connectivity index (χ0n) is 23.6. The third-order valence-corrected chi connectivity index (χ3v) is 7.46. The number of carbonyl (C=O) groups is 2. The van der Waals surface area contributed by atoms with Crippen molar-refractivity contribution in [2.45, 2.75) is 38.8 Å². The predicted octanol–water partition coefficient (Wildman–Crippen LogP) is 6.15. The molecule has 1 aromatic heterocycles. The number of hydrogen-bond acceptors (Lipinski definition) is 6. The Labute approximate surface area is 249 Å². The van der Waals surface area contributed by atoms with Crippen molar-refractivity contribution in [3.8, 4) is 11.5 Å². The first-order valence-electron chi connectivity index (χ1n) is 14.0. The van der Waals surface area contributed by atoms with Crippen LogP contribution in [0.4, 0.5) is 9.59 Å². The molecule has 0 fully saturated rings. The lowest BCUT2D eigenvalue weighted by atomic mass is 9.92. The summed E-state index contributed by atoms with van der Waals surface area (Å²) in [5.74, 6) is 1.11. The van der Waals surface area contributed by atoms with Crippen LogP contribution in [-0.4, -0.2) is 59.6 Å². The number of amides is 2. The summed E-state index contributed by atoms with van der Waals surface area (Å²) in [4.78, 5) is 30.2. The number of nitrogens with zero attached hydrogens (tertiary/aromatic N) is 1. The Hall–Kier alpha value is -4.21. The van der Waals surface area contributed by atoms with Crippen molar-refractivity contribution in [3.05, 3.63) is 94.1 Å². The minimum Gasteiger partial charge on any atom is -0.493 e. The first-order valence-corrected chi connectivity index (χ1v) is 14.4. The quantitative estimate of drug-likeness (QED) is 0.215. The van der Waals surface area contributed by atoms with Gasteiger partial charge in [-0.15, -0.1) is 0 Å². The molecule has 0 spiro atoms. The van der Waals surface area contributed by atoms with E-state index in [1.54, 1.807) is 24.0 Å². The summed E-state index contributed by atoms with van der Waals surface area (Å²) in [6, 6.07) is 20.3. The second-order valence-corrected chi connectivity index (χ2v) is 10.6. The number of fused-ring (bicyclic) bond motifs is 3. The summed E-state index contributed by atoms with van der Waals surface area (Å²) < 4.78 is 16.4. The SMILES string of the molecule is CCOC(=O)NCC(O)CCOc1ccc([C@H]2c3[nH]c4ccc(Cl)cc4c3CCN2C(=O)Oc2ccc(C)cc2)cc1. The van der Waals surface area contributed by atoms with Crippen molar-refractivity contribution in [2.75, 3.05) is 26.3 Å². The van der Waals surface area contributed by atoms with Gasteiger partial charge in [-0.3, -0.25) is 4.90 Å². The zero-order chi connectivity index (χ0) is 29.6. The highest BCUT2D eigenvalue weighted by molar-refractivity contribution is 6.31. The van der Waals surface area contributed by atoms with Crippen LogP contribution >= 0.6 is 11.6 Å². The Kier molecular flexibility index (Phi) is 9.19. The molecule has 5 rings (SSSR count). The van der Waals surface area contributed by atoms with E-state index in [0.717, 1.165) is 33.3 Å². The Morgan fingerprint density at radius 2 is 1.83 bits per heavy atom. The number of hydrogen-bond donors (Lipinski definition) is 3. The second kappa shape index (κ2) is 13.2. The molecule has 9 nitrogen and oxygen atoms in total. The van der Waals surface area contributed by atoms with Gasteiger partial charge in [0.05, 0.1) is 19.3 Å². The van der Waals surface area contributed by atoms with Crippen molar-refractivity contribution < 1.29 is 28.9 Å². The molecule has 0 aliphatic carbocycles. The highest BCUT2D eigenvalue weighted by Gasteiger charge is 2.35. The number of halogens is 1. The normalized spacial score (nSPS) is 15.1. The summed E-state index contributed by atoms with van der Waals surface area (Å²) in [6.45, 7) is 4.77. The number of benzene rings is 3. The molecule has 42 heavy (non-hydrogen) atoms. The molecular formula is C32H34ClN3O6. The molecule has 1 aliphatic rings. The van der Waals surface area contributed by atoms with E-state index in [9.17, 15) is 14.7 Å². The molecule has 220 valence electrons. The highest BCUT2D eigenvalue weighted by atomic mass is 35.5. The summed E-state index contributed by atoms with van der Waals surface area (Å²) in [7, 11) is 0. The molecular weight excluding hydrogens is 558 g/mol. The number of aromatic nitrogens is 1. The maximum atomic E-state index is 13.5. The molecule has 2 heterocycles. The number of carbonyl (C=O) groups excluding carboxylic acids is 2. The van der Waals surface area contributed by atoms with Gasteiger partial charge in [-0.25, -0.2) is 9.59 Å². The van der Waals surface area contributed by atoms with Gasteiger partial charge in [0.1, 0.15) is 17.5 Å². The molecule has 0 saturated carbocycles. The number of H-pyrrole nitrogens is 1. The molecule has 4 aromatic rings. The molecule has 1 unspecified atom stereocenters. The minimum absolute atomic E-state index is 0.0787. The van der Waals surface area contributed by atoms with Gasteiger partial charge in [0.15, 0.2) is 0 Å². The van der Waals surface area contributed by atoms with E-state index in [1.165, 1.54) is 0 Å². The number of aromatic amines is 1. The van der Waals surface area contributed by atoms with Crippen LogP contribution in [0.2, 0.25) is 5.02 Å². The van der Waals surface area contributed by atoms with Gasteiger partial charge in [-0.05, 0) is 73.9 Å². The summed E-state index contributed by atoms with van der Waals surface area (Å²) in [5.41, 5.74) is 4.98. The fourth-order valence-corrected chi connectivity index (χ4v) is 5.29. The average molecular weight is 592 g/mol. The first kappa shape index (κ1) is 29.3. The largest absolute Gasteiger partial charge is 0.493 e. The predicted molar refractivity (Wildman–Crippen MR) is 160 cm³/mol. The van der Waals surface area contributed by atoms with Crippen molar-refractivity contribution in [1.29, 1.82) is 0 Å². The van der Waals surface area contributed by atoms with Gasteiger partial charge in [0.25, 0.3) is 0 Å². The average Bonchev–Trinajstić information content (AvgIpc) is 3.35. The van der Waals surface area contributed by atoms with Crippen LogP contribution in [0.1, 0.15) is 41.8 Å². The zero-order valence-corrected chi connectivity index (χ0v) is 24.3. The van der Waals surface area contributed by atoms with Crippen molar-refractivity contribution in [2.24, 2.45) is 0 Å². The fraction of sp³-hybridized carbons (Fsp3) is 0.312. The van der Waals surface area contributed by atoms with E-state index >= 15 is 0 Å². The number of aliphatic hydroxyl groups is 1. The Bertz CT molecular complexity index is 1540. The Morgan fingerprint density at radius 1 is 1.10 bits per heavy atom. The smallest absolute Gasteiger partial charge is 0.416 e. The van der Waals surface area contributed by atoms with Crippen LogP contribution in [0, 0.1) is 6.92 Å². The molecule has 1 aliphatic heterocycles. The molecule has 0 radical (unpaired) electrons. The summed E-state index contributed by atoms with van der Waals surface area (Å²) in [6.07, 6.45) is -0.774. The van der Waals surface area contributed by atoms with E-state index in [4.69, 9.17) is 25.8 Å². The standard InChI is InChI=1S/C32H34ClN3O6/c1-3-40-31(38)34-19-23(37)15-17-41-24-11-6-21(7-12-24)30-29-26(27-18-22(33)8-13-28(27)35-29)14-16-36(30)32(39)42-25-9-4-20(2)5-10-25/h4-13,18,23,30,35,37H,3,14-17,19H2,1-2H3,(H,34,38)/t23?,30-/m0/s1. The number of nitrogens with one attached hydrogen (secondary N) is 2. The fourth-order valence-electron chi connectivity index (χ4n) is 5.11. The van der Waals surface area contributed by atoms with E-state index < -0.39 is 24.3 Å². The van der Waals surface area contributed by atoms with Crippen molar-refractivity contribution in [3.63, 3.8) is 0 Å². The van der Waals surface area contributed by atoms with E-state index in [-0.39, 0.29) is 19.8 Å².